The van der Waals surface area contributed by atoms with E-state index in [1.54, 1.807) is 6.08 Å². The first-order valence-corrected chi connectivity index (χ1v) is 15.8. The SMILES string of the molecule is Cc1cccc(C=CC(=O)N(C)[C@@H]2CC[C@H]3[C@H]4Cc5ccc(O)c6c5[C@@]3(CCN4CC(c3ccccc3)N(C)C)[C@H]2O6)c1. The van der Waals surface area contributed by atoms with Gasteiger partial charge in [0.05, 0.1) is 6.04 Å². The predicted molar refractivity (Wildman–Crippen MR) is 170 cm³/mol. The number of hydrogen-bond acceptors (Lipinski definition) is 5. The van der Waals surface area contributed by atoms with E-state index in [-0.39, 0.29) is 29.2 Å². The quantitative estimate of drug-likeness (QED) is 0.372. The highest BCUT2D eigenvalue weighted by Gasteiger charge is 2.66. The largest absolute Gasteiger partial charge is 0.504 e. The molecule has 1 unspecified atom stereocenters. The number of phenols is 1. The predicted octanol–water partition coefficient (Wildman–Crippen LogP) is 5.58. The van der Waals surface area contributed by atoms with E-state index in [9.17, 15) is 9.90 Å². The molecule has 3 aromatic rings. The summed E-state index contributed by atoms with van der Waals surface area (Å²) in [5.41, 5.74) is 5.88. The number of likely N-dealkylation sites (N-methyl/N-ethyl adjacent to an activating group) is 2. The Morgan fingerprint density at radius 1 is 1.09 bits per heavy atom. The van der Waals surface area contributed by atoms with Crippen molar-refractivity contribution in [3.05, 3.63) is 101 Å². The van der Waals surface area contributed by atoms with Crippen molar-refractivity contribution < 1.29 is 14.6 Å². The number of hydrogen-bond donors (Lipinski definition) is 1. The van der Waals surface area contributed by atoms with Gasteiger partial charge in [-0.25, -0.2) is 0 Å². The number of aryl methyl sites for hydroxylation is 1. The van der Waals surface area contributed by atoms with E-state index in [1.165, 1.54) is 22.3 Å². The molecular weight excluding hydrogens is 534 g/mol. The summed E-state index contributed by atoms with van der Waals surface area (Å²) in [5, 5.41) is 11.0. The molecule has 1 N–H and O–H groups in total. The topological polar surface area (TPSA) is 56.3 Å². The second-order valence-electron chi connectivity index (χ2n) is 13.4. The van der Waals surface area contributed by atoms with Gasteiger partial charge in [0.2, 0.25) is 5.91 Å². The molecule has 43 heavy (non-hydrogen) atoms. The zero-order valence-electron chi connectivity index (χ0n) is 25.7. The first kappa shape index (κ1) is 28.2. The molecule has 1 saturated heterocycles. The van der Waals surface area contributed by atoms with Gasteiger partial charge in [0.1, 0.15) is 6.10 Å². The number of likely N-dealkylation sites (tertiary alicyclic amines) is 1. The lowest BCUT2D eigenvalue weighted by atomic mass is 9.51. The van der Waals surface area contributed by atoms with Crippen LogP contribution >= 0.6 is 0 Å². The molecule has 0 radical (unpaired) electrons. The third-order valence-corrected chi connectivity index (χ3v) is 10.9. The van der Waals surface area contributed by atoms with E-state index >= 15 is 0 Å². The number of phenolic OH excluding ortho intramolecular Hbond substituents is 1. The molecule has 7 rings (SSSR count). The molecule has 2 heterocycles. The van der Waals surface area contributed by atoms with Gasteiger partial charge < -0.3 is 19.6 Å². The van der Waals surface area contributed by atoms with Crippen LogP contribution in [0.4, 0.5) is 0 Å². The molecule has 6 atom stereocenters. The van der Waals surface area contributed by atoms with Gasteiger partial charge in [0.15, 0.2) is 11.5 Å². The Bertz CT molecular complexity index is 1550. The molecule has 6 heteroatoms. The van der Waals surface area contributed by atoms with Gasteiger partial charge in [0.25, 0.3) is 0 Å². The molecule has 2 aliphatic heterocycles. The molecule has 4 aliphatic rings. The first-order chi connectivity index (χ1) is 20.8. The average molecular weight is 578 g/mol. The molecule has 224 valence electrons. The van der Waals surface area contributed by atoms with Gasteiger partial charge in [-0.05, 0) is 88.0 Å². The van der Waals surface area contributed by atoms with E-state index in [0.29, 0.717) is 23.8 Å². The molecule has 1 saturated carbocycles. The van der Waals surface area contributed by atoms with E-state index in [0.717, 1.165) is 44.3 Å². The number of benzene rings is 3. The van der Waals surface area contributed by atoms with Crippen molar-refractivity contribution in [1.29, 1.82) is 0 Å². The number of amides is 1. The lowest BCUT2D eigenvalue weighted by Gasteiger charge is -2.60. The molecule has 2 aliphatic carbocycles. The van der Waals surface area contributed by atoms with Crippen LogP contribution in [0.25, 0.3) is 6.08 Å². The van der Waals surface area contributed by atoms with Crippen molar-refractivity contribution >= 4 is 12.0 Å². The second-order valence-corrected chi connectivity index (χ2v) is 13.4. The summed E-state index contributed by atoms with van der Waals surface area (Å²) >= 11 is 0. The van der Waals surface area contributed by atoms with Crippen LogP contribution in [-0.4, -0.2) is 78.1 Å². The zero-order valence-corrected chi connectivity index (χ0v) is 25.7. The fourth-order valence-electron chi connectivity index (χ4n) is 8.91. The number of rotatable bonds is 7. The number of carbonyl (C=O) groups is 1. The van der Waals surface area contributed by atoms with Crippen molar-refractivity contribution in [2.45, 2.75) is 62.3 Å². The Morgan fingerprint density at radius 2 is 1.91 bits per heavy atom. The van der Waals surface area contributed by atoms with E-state index in [1.807, 2.05) is 36.2 Å². The van der Waals surface area contributed by atoms with Crippen LogP contribution in [0.2, 0.25) is 0 Å². The van der Waals surface area contributed by atoms with Crippen LogP contribution < -0.4 is 4.74 Å². The number of aromatic hydroxyl groups is 1. The highest BCUT2D eigenvalue weighted by Crippen LogP contribution is 2.64. The van der Waals surface area contributed by atoms with Crippen LogP contribution in [0.5, 0.6) is 11.5 Å². The maximum Gasteiger partial charge on any atom is 0.246 e. The molecule has 3 aromatic carbocycles. The third-order valence-electron chi connectivity index (χ3n) is 10.9. The lowest BCUT2D eigenvalue weighted by molar-refractivity contribution is -0.135. The van der Waals surface area contributed by atoms with Crippen LogP contribution in [0, 0.1) is 12.8 Å². The maximum atomic E-state index is 13.6. The van der Waals surface area contributed by atoms with Crippen molar-refractivity contribution in [2.75, 3.05) is 34.2 Å². The smallest absolute Gasteiger partial charge is 0.246 e. The van der Waals surface area contributed by atoms with Gasteiger partial charge in [0, 0.05) is 42.7 Å². The molecule has 6 nitrogen and oxygen atoms in total. The average Bonchev–Trinajstić information content (AvgIpc) is 3.36. The summed E-state index contributed by atoms with van der Waals surface area (Å²) in [4.78, 5) is 20.5. The molecular formula is C37H43N3O3. The molecule has 1 amide bonds. The number of carbonyl (C=O) groups excluding carboxylic acids is 1. The standard InChI is InChI=1S/C37H43N3O3/c1-24-9-8-10-25(21-24)13-18-33(42)39(4)29-16-15-28-30-22-27-14-17-32(41)35-34(27)37(28,36(29)43-35)19-20-40(30)23-31(38(2)3)26-11-6-5-7-12-26/h5-14,17-18,21,28-31,36,41H,15-16,19-20,22-23H2,1-4H3/t28-,29+,30+,31?,36-,37-/m0/s1. The zero-order chi connectivity index (χ0) is 29.9. The van der Waals surface area contributed by atoms with Gasteiger partial charge >= 0.3 is 0 Å². The van der Waals surface area contributed by atoms with Crippen molar-refractivity contribution in [1.82, 2.24) is 14.7 Å². The van der Waals surface area contributed by atoms with Crippen molar-refractivity contribution in [2.24, 2.45) is 5.92 Å². The fraction of sp³-hybridized carbons (Fsp3) is 0.432. The van der Waals surface area contributed by atoms with E-state index in [2.05, 4.69) is 79.3 Å². The lowest BCUT2D eigenvalue weighted by Crippen LogP contribution is -2.69. The Morgan fingerprint density at radius 3 is 2.67 bits per heavy atom. The minimum Gasteiger partial charge on any atom is -0.504 e. The van der Waals surface area contributed by atoms with Gasteiger partial charge in [-0.15, -0.1) is 0 Å². The Hall–Kier alpha value is -3.61. The molecule has 0 aromatic heterocycles. The van der Waals surface area contributed by atoms with Crippen LogP contribution in [0.15, 0.2) is 72.8 Å². The van der Waals surface area contributed by atoms with Gasteiger partial charge in [-0.3, -0.25) is 9.69 Å². The van der Waals surface area contributed by atoms with Crippen molar-refractivity contribution in [3.8, 4) is 11.5 Å². The number of ether oxygens (including phenoxy) is 1. The highest BCUT2D eigenvalue weighted by molar-refractivity contribution is 5.92. The number of piperidine rings is 1. The third kappa shape index (κ3) is 4.58. The second kappa shape index (κ2) is 10.8. The van der Waals surface area contributed by atoms with Crippen LogP contribution in [0.1, 0.15) is 53.1 Å². The van der Waals surface area contributed by atoms with Gasteiger partial charge in [-0.1, -0.05) is 66.2 Å². The summed E-state index contributed by atoms with van der Waals surface area (Å²) in [7, 11) is 6.29. The normalized spacial score (nSPS) is 28.0. The summed E-state index contributed by atoms with van der Waals surface area (Å²) < 4.78 is 6.80. The molecule has 2 bridgehead atoms. The Labute approximate surface area is 255 Å². The molecule has 1 spiro atoms. The maximum absolute atomic E-state index is 13.6. The first-order valence-electron chi connectivity index (χ1n) is 15.8. The Balaban J connectivity index is 1.20. The van der Waals surface area contributed by atoms with E-state index in [4.69, 9.17) is 4.74 Å². The summed E-state index contributed by atoms with van der Waals surface area (Å²) in [6.07, 6.45) is 7.30. The summed E-state index contributed by atoms with van der Waals surface area (Å²) in [5.74, 6) is 1.30. The van der Waals surface area contributed by atoms with Crippen molar-refractivity contribution in [3.63, 3.8) is 0 Å². The molecule has 2 fully saturated rings. The summed E-state index contributed by atoms with van der Waals surface area (Å²) in [6, 6.07) is 23.6. The Kier molecular flexibility index (Phi) is 7.10. The van der Waals surface area contributed by atoms with E-state index < -0.39 is 0 Å². The fourth-order valence-corrected chi connectivity index (χ4v) is 8.91. The monoisotopic (exact) mass is 577 g/mol. The highest BCUT2D eigenvalue weighted by atomic mass is 16.5. The van der Waals surface area contributed by atoms with Crippen LogP contribution in [0.3, 0.4) is 0 Å². The minimum atomic E-state index is -0.194. The van der Waals surface area contributed by atoms with Crippen LogP contribution in [-0.2, 0) is 16.6 Å². The van der Waals surface area contributed by atoms with Gasteiger partial charge in [-0.2, -0.15) is 0 Å². The summed E-state index contributed by atoms with van der Waals surface area (Å²) in [6.45, 7) is 4.02. The minimum absolute atomic E-state index is 0.00756. The number of nitrogens with zero attached hydrogens (tertiary/aromatic N) is 3.